The first-order chi connectivity index (χ1) is 12.3. The number of hydrogen-bond acceptors (Lipinski definition) is 4. The van der Waals surface area contributed by atoms with Crippen LogP contribution in [0.1, 0.15) is 45.7 Å². The number of alkyl carbamates (subject to hydrolysis) is 1. The minimum Gasteiger partial charge on any atom is -0.444 e. The van der Waals surface area contributed by atoms with Crippen LogP contribution in [0, 0.1) is 0 Å². The van der Waals surface area contributed by atoms with Crippen molar-refractivity contribution in [2.24, 2.45) is 10.7 Å². The van der Waals surface area contributed by atoms with Crippen molar-refractivity contribution < 1.29 is 14.3 Å². The predicted molar refractivity (Wildman–Crippen MR) is 120 cm³/mol. The molecule has 8 heteroatoms. The predicted octanol–water partition coefficient (Wildman–Crippen LogP) is 3.20. The Kier molecular flexibility index (Phi) is 12.8. The molecule has 0 radical (unpaired) electrons. The summed E-state index contributed by atoms with van der Waals surface area (Å²) in [5.41, 5.74) is 6.28. The maximum atomic E-state index is 12.1. The molecular formula is C19H33IN4O3. The molecule has 0 bridgehead atoms. The van der Waals surface area contributed by atoms with Crippen LogP contribution in [0.2, 0.25) is 0 Å². The Labute approximate surface area is 179 Å². The van der Waals surface area contributed by atoms with E-state index in [-0.39, 0.29) is 30.0 Å². The summed E-state index contributed by atoms with van der Waals surface area (Å²) in [4.78, 5) is 16.5. The van der Waals surface area contributed by atoms with Crippen LogP contribution in [0.3, 0.4) is 0 Å². The fourth-order valence-electron chi connectivity index (χ4n) is 2.15. The van der Waals surface area contributed by atoms with E-state index in [1.165, 1.54) is 0 Å². The smallest absolute Gasteiger partial charge is 0.408 e. The molecule has 1 aromatic rings. The molecule has 1 atom stereocenters. The number of amides is 1. The lowest BCUT2D eigenvalue weighted by molar-refractivity contribution is 0.0505. The molecule has 0 spiro atoms. The molecule has 0 fully saturated rings. The molecule has 0 saturated heterocycles. The quantitative estimate of drug-likeness (QED) is 0.213. The highest BCUT2D eigenvalue weighted by molar-refractivity contribution is 14.0. The number of nitrogens with two attached hydrogens (primary N) is 1. The average Bonchev–Trinajstić information content (AvgIpc) is 2.57. The van der Waals surface area contributed by atoms with E-state index in [2.05, 4.69) is 15.6 Å². The first kappa shape index (κ1) is 25.4. The number of hydrogen-bond donors (Lipinski definition) is 3. The summed E-state index contributed by atoms with van der Waals surface area (Å²) in [7, 11) is 0. The average molecular weight is 492 g/mol. The molecule has 0 saturated carbocycles. The molecule has 7 nitrogen and oxygen atoms in total. The molecule has 1 aromatic carbocycles. The van der Waals surface area contributed by atoms with Gasteiger partial charge in [-0.2, -0.15) is 0 Å². The number of halogens is 1. The molecule has 27 heavy (non-hydrogen) atoms. The van der Waals surface area contributed by atoms with Crippen LogP contribution in [0.25, 0.3) is 0 Å². The number of carbonyl (C=O) groups is 1. The number of benzene rings is 1. The molecular weight excluding hydrogens is 459 g/mol. The van der Waals surface area contributed by atoms with Gasteiger partial charge in [0, 0.05) is 19.8 Å². The second-order valence-corrected chi connectivity index (χ2v) is 6.81. The van der Waals surface area contributed by atoms with Crippen LogP contribution in [0.4, 0.5) is 4.79 Å². The summed E-state index contributed by atoms with van der Waals surface area (Å²) in [6, 6.07) is 9.30. The van der Waals surface area contributed by atoms with Gasteiger partial charge in [-0.15, -0.1) is 24.0 Å². The Morgan fingerprint density at radius 1 is 1.26 bits per heavy atom. The van der Waals surface area contributed by atoms with Crippen molar-refractivity contribution in [3.05, 3.63) is 35.9 Å². The maximum Gasteiger partial charge on any atom is 0.408 e. The van der Waals surface area contributed by atoms with Gasteiger partial charge in [0.25, 0.3) is 0 Å². The zero-order valence-corrected chi connectivity index (χ0v) is 19.0. The van der Waals surface area contributed by atoms with Crippen LogP contribution in [-0.4, -0.2) is 44.0 Å². The van der Waals surface area contributed by atoms with Crippen LogP contribution in [0.15, 0.2) is 35.3 Å². The molecule has 0 aliphatic carbocycles. The van der Waals surface area contributed by atoms with Crippen LogP contribution < -0.4 is 16.4 Å². The van der Waals surface area contributed by atoms with Crippen LogP contribution >= 0.6 is 24.0 Å². The first-order valence-corrected chi connectivity index (χ1v) is 8.98. The molecule has 4 N–H and O–H groups in total. The zero-order chi connectivity index (χ0) is 19.4. The van der Waals surface area contributed by atoms with Gasteiger partial charge in [-0.25, -0.2) is 4.79 Å². The van der Waals surface area contributed by atoms with E-state index in [1.54, 1.807) is 0 Å². The van der Waals surface area contributed by atoms with Crippen molar-refractivity contribution >= 4 is 36.0 Å². The molecule has 0 aromatic heterocycles. The number of ether oxygens (including phenoxy) is 2. The van der Waals surface area contributed by atoms with Gasteiger partial charge in [0.15, 0.2) is 5.96 Å². The Morgan fingerprint density at radius 3 is 2.52 bits per heavy atom. The normalized spacial score (nSPS) is 12.7. The maximum absolute atomic E-state index is 12.1. The van der Waals surface area contributed by atoms with E-state index >= 15 is 0 Å². The van der Waals surface area contributed by atoms with Crippen molar-refractivity contribution in [1.82, 2.24) is 10.6 Å². The highest BCUT2D eigenvalue weighted by atomic mass is 127. The van der Waals surface area contributed by atoms with E-state index in [4.69, 9.17) is 15.2 Å². The fourth-order valence-corrected chi connectivity index (χ4v) is 2.15. The first-order valence-electron chi connectivity index (χ1n) is 8.98. The molecule has 1 unspecified atom stereocenters. The lowest BCUT2D eigenvalue weighted by Crippen LogP contribution is -2.37. The van der Waals surface area contributed by atoms with E-state index in [0.717, 1.165) is 12.0 Å². The topological polar surface area (TPSA) is 98.0 Å². The van der Waals surface area contributed by atoms with Crippen molar-refractivity contribution in [1.29, 1.82) is 0 Å². The molecule has 1 rings (SSSR count). The van der Waals surface area contributed by atoms with Gasteiger partial charge in [-0.05, 0) is 39.7 Å². The van der Waals surface area contributed by atoms with Gasteiger partial charge >= 0.3 is 6.09 Å². The summed E-state index contributed by atoms with van der Waals surface area (Å²) in [5, 5.41) is 5.90. The molecule has 0 aliphatic heterocycles. The van der Waals surface area contributed by atoms with Gasteiger partial charge < -0.3 is 25.8 Å². The molecule has 0 aliphatic rings. The number of carbonyl (C=O) groups excluding carboxylic acids is 1. The van der Waals surface area contributed by atoms with Crippen LogP contribution in [0.5, 0.6) is 0 Å². The Bertz CT molecular complexity index is 562. The summed E-state index contributed by atoms with van der Waals surface area (Å²) in [6.45, 7) is 9.83. The Morgan fingerprint density at radius 2 is 1.93 bits per heavy atom. The largest absolute Gasteiger partial charge is 0.444 e. The minimum atomic E-state index is -0.560. The van der Waals surface area contributed by atoms with E-state index in [9.17, 15) is 4.79 Å². The minimum absolute atomic E-state index is 0. The zero-order valence-electron chi connectivity index (χ0n) is 16.7. The number of rotatable bonds is 9. The monoisotopic (exact) mass is 492 g/mol. The summed E-state index contributed by atoms with van der Waals surface area (Å²) < 4.78 is 10.6. The Balaban J connectivity index is 0.00000676. The van der Waals surface area contributed by atoms with E-state index in [0.29, 0.717) is 32.3 Å². The van der Waals surface area contributed by atoms with Gasteiger partial charge in [-0.1, -0.05) is 30.3 Å². The van der Waals surface area contributed by atoms with Crippen molar-refractivity contribution in [2.75, 3.05) is 26.3 Å². The SMILES string of the molecule is CCOCCCNC(N)=NCC(NC(=O)OC(C)(C)C)c1ccccc1.I. The number of nitrogens with zero attached hydrogens (tertiary/aromatic N) is 1. The second-order valence-electron chi connectivity index (χ2n) is 6.81. The van der Waals surface area contributed by atoms with Gasteiger partial charge in [0.1, 0.15) is 5.60 Å². The van der Waals surface area contributed by atoms with Gasteiger partial charge in [0.2, 0.25) is 0 Å². The highest BCUT2D eigenvalue weighted by Crippen LogP contribution is 2.15. The summed E-state index contributed by atoms with van der Waals surface area (Å²) in [6.07, 6.45) is 0.368. The number of aliphatic imine (C=N–C) groups is 1. The lowest BCUT2D eigenvalue weighted by Gasteiger charge is -2.23. The van der Waals surface area contributed by atoms with Crippen molar-refractivity contribution in [3.63, 3.8) is 0 Å². The highest BCUT2D eigenvalue weighted by Gasteiger charge is 2.20. The summed E-state index contributed by atoms with van der Waals surface area (Å²) >= 11 is 0. The van der Waals surface area contributed by atoms with Gasteiger partial charge in [-0.3, -0.25) is 4.99 Å². The Hall–Kier alpha value is -1.55. The third kappa shape index (κ3) is 12.5. The van der Waals surface area contributed by atoms with Gasteiger partial charge in [0.05, 0.1) is 12.6 Å². The van der Waals surface area contributed by atoms with E-state index in [1.807, 2.05) is 58.0 Å². The van der Waals surface area contributed by atoms with Crippen LogP contribution in [-0.2, 0) is 9.47 Å². The van der Waals surface area contributed by atoms with Crippen molar-refractivity contribution in [3.8, 4) is 0 Å². The standard InChI is InChI=1S/C19H32N4O3.HI/c1-5-25-13-9-12-21-17(20)22-14-16(15-10-7-6-8-11-15)23-18(24)26-19(2,3)4;/h6-8,10-11,16H,5,9,12-14H2,1-4H3,(H,23,24)(H3,20,21,22);1H. The molecule has 1 amide bonds. The van der Waals surface area contributed by atoms with E-state index < -0.39 is 11.7 Å². The number of nitrogens with one attached hydrogen (secondary N) is 2. The number of guanidine groups is 1. The third-order valence-corrected chi connectivity index (χ3v) is 3.31. The third-order valence-electron chi connectivity index (χ3n) is 3.31. The summed E-state index contributed by atoms with van der Waals surface area (Å²) in [5.74, 6) is 0.341. The fraction of sp³-hybridized carbons (Fsp3) is 0.579. The van der Waals surface area contributed by atoms with Crippen molar-refractivity contribution in [2.45, 2.75) is 45.8 Å². The molecule has 0 heterocycles. The second kappa shape index (κ2) is 13.6. The molecule has 154 valence electrons. The lowest BCUT2D eigenvalue weighted by atomic mass is 10.1.